The maximum absolute atomic E-state index is 12.3. The van der Waals surface area contributed by atoms with E-state index in [1.54, 1.807) is 27.8 Å². The molecule has 0 amide bonds. The number of fused-ring (bicyclic) bond motifs is 1. The van der Waals surface area contributed by atoms with Gasteiger partial charge in [-0.15, -0.1) is 5.10 Å². The van der Waals surface area contributed by atoms with Gasteiger partial charge in [0.1, 0.15) is 24.3 Å². The van der Waals surface area contributed by atoms with Crippen molar-refractivity contribution < 1.29 is 0 Å². The van der Waals surface area contributed by atoms with Gasteiger partial charge < -0.3 is 4.90 Å². The Bertz CT molecular complexity index is 1070. The molecule has 0 atom stereocenters. The first kappa shape index (κ1) is 18.0. The van der Waals surface area contributed by atoms with Crippen molar-refractivity contribution in [2.45, 2.75) is 45.6 Å². The SMILES string of the molecule is Cc1nc2c(c(N3CCC(Cn4nc(-n5cncn5)ccc4=O)CC3)n1)CCC2. The fourth-order valence-electron chi connectivity index (χ4n) is 4.38. The summed E-state index contributed by atoms with van der Waals surface area (Å²) in [6.07, 6.45) is 8.39. The Morgan fingerprint density at radius 2 is 2.00 bits per heavy atom. The standard InChI is InChI=1S/C20H24N8O/c1-14-23-17-4-2-3-16(17)20(24-14)26-9-7-15(8-10-26)11-27-19(29)6-5-18(25-27)28-13-21-12-22-28/h5-6,12-13,15H,2-4,7-11H2,1H3. The molecule has 0 spiro atoms. The summed E-state index contributed by atoms with van der Waals surface area (Å²) in [5.41, 5.74) is 2.49. The Morgan fingerprint density at radius 3 is 2.79 bits per heavy atom. The van der Waals surface area contributed by atoms with Crippen LogP contribution in [0.25, 0.3) is 5.82 Å². The third kappa shape index (κ3) is 3.52. The summed E-state index contributed by atoms with van der Waals surface area (Å²) in [5, 5.41) is 8.57. The molecular formula is C20H24N8O. The predicted molar refractivity (Wildman–Crippen MR) is 107 cm³/mol. The molecule has 2 aliphatic rings. The smallest absolute Gasteiger partial charge is 0.266 e. The van der Waals surface area contributed by atoms with Gasteiger partial charge in [0.15, 0.2) is 5.82 Å². The third-order valence-corrected chi connectivity index (χ3v) is 5.87. The Labute approximate surface area is 168 Å². The lowest BCUT2D eigenvalue weighted by Gasteiger charge is -2.34. The lowest BCUT2D eigenvalue weighted by atomic mass is 9.96. The van der Waals surface area contributed by atoms with E-state index >= 15 is 0 Å². The highest BCUT2D eigenvalue weighted by atomic mass is 16.1. The second kappa shape index (κ2) is 7.38. The molecule has 150 valence electrons. The summed E-state index contributed by atoms with van der Waals surface area (Å²) < 4.78 is 3.13. The maximum atomic E-state index is 12.3. The number of rotatable bonds is 4. The van der Waals surface area contributed by atoms with Crippen LogP contribution in [0, 0.1) is 12.8 Å². The highest BCUT2D eigenvalue weighted by Gasteiger charge is 2.26. The van der Waals surface area contributed by atoms with Crippen LogP contribution in [0.2, 0.25) is 0 Å². The van der Waals surface area contributed by atoms with E-state index in [4.69, 9.17) is 4.98 Å². The number of piperidine rings is 1. The van der Waals surface area contributed by atoms with E-state index < -0.39 is 0 Å². The van der Waals surface area contributed by atoms with Crippen LogP contribution < -0.4 is 10.5 Å². The van der Waals surface area contributed by atoms with Gasteiger partial charge in [-0.3, -0.25) is 4.79 Å². The van der Waals surface area contributed by atoms with Crippen molar-refractivity contribution in [2.24, 2.45) is 5.92 Å². The molecule has 0 N–H and O–H groups in total. The van der Waals surface area contributed by atoms with Crippen LogP contribution in [0.5, 0.6) is 0 Å². The Kier molecular flexibility index (Phi) is 4.57. The molecule has 29 heavy (non-hydrogen) atoms. The van der Waals surface area contributed by atoms with Gasteiger partial charge in [0.2, 0.25) is 0 Å². The molecule has 4 heterocycles. The number of aromatic nitrogens is 7. The summed E-state index contributed by atoms with van der Waals surface area (Å²) in [6, 6.07) is 3.22. The number of hydrogen-bond donors (Lipinski definition) is 0. The van der Waals surface area contributed by atoms with E-state index in [1.807, 2.05) is 6.92 Å². The molecule has 1 fully saturated rings. The van der Waals surface area contributed by atoms with E-state index in [1.165, 1.54) is 24.0 Å². The number of hydrogen-bond acceptors (Lipinski definition) is 7. The van der Waals surface area contributed by atoms with Crippen LogP contribution >= 0.6 is 0 Å². The van der Waals surface area contributed by atoms with Gasteiger partial charge in [-0.05, 0) is 51.0 Å². The number of nitrogens with zero attached hydrogens (tertiary/aromatic N) is 8. The normalized spacial score (nSPS) is 16.9. The fourth-order valence-corrected chi connectivity index (χ4v) is 4.38. The highest BCUT2D eigenvalue weighted by molar-refractivity contribution is 5.51. The minimum atomic E-state index is -0.0828. The zero-order valence-corrected chi connectivity index (χ0v) is 16.5. The van der Waals surface area contributed by atoms with E-state index in [0.717, 1.165) is 50.4 Å². The van der Waals surface area contributed by atoms with Crippen molar-refractivity contribution in [1.82, 2.24) is 34.5 Å². The monoisotopic (exact) mass is 392 g/mol. The number of aryl methyl sites for hydroxylation is 2. The van der Waals surface area contributed by atoms with Crippen molar-refractivity contribution in [3.63, 3.8) is 0 Å². The van der Waals surface area contributed by atoms with Gasteiger partial charge in [0.05, 0.1) is 0 Å². The van der Waals surface area contributed by atoms with Crippen molar-refractivity contribution in [1.29, 1.82) is 0 Å². The molecule has 3 aromatic heterocycles. The summed E-state index contributed by atoms with van der Waals surface area (Å²) in [4.78, 5) is 28.0. The molecule has 1 aliphatic carbocycles. The van der Waals surface area contributed by atoms with Gasteiger partial charge in [-0.1, -0.05) is 0 Å². The lowest BCUT2D eigenvalue weighted by Crippen LogP contribution is -2.38. The quantitative estimate of drug-likeness (QED) is 0.661. The molecule has 9 nitrogen and oxygen atoms in total. The van der Waals surface area contributed by atoms with Crippen LogP contribution in [0.1, 0.15) is 36.3 Å². The molecule has 0 unspecified atom stereocenters. The summed E-state index contributed by atoms with van der Waals surface area (Å²) in [6.45, 7) is 4.50. The van der Waals surface area contributed by atoms with Crippen LogP contribution in [0.15, 0.2) is 29.6 Å². The van der Waals surface area contributed by atoms with Crippen molar-refractivity contribution in [2.75, 3.05) is 18.0 Å². The van der Waals surface area contributed by atoms with Crippen molar-refractivity contribution in [3.8, 4) is 5.82 Å². The van der Waals surface area contributed by atoms with Crippen molar-refractivity contribution >= 4 is 5.82 Å². The molecule has 3 aromatic rings. The lowest BCUT2D eigenvalue weighted by molar-refractivity contribution is 0.333. The second-order valence-electron chi connectivity index (χ2n) is 7.86. The first-order valence-corrected chi connectivity index (χ1v) is 10.2. The second-order valence-corrected chi connectivity index (χ2v) is 7.86. The molecule has 0 aromatic carbocycles. The largest absolute Gasteiger partial charge is 0.356 e. The molecular weight excluding hydrogens is 368 g/mol. The highest BCUT2D eigenvalue weighted by Crippen LogP contribution is 2.31. The molecule has 9 heteroatoms. The summed E-state index contributed by atoms with van der Waals surface area (Å²) in [5.74, 6) is 3.01. The minimum Gasteiger partial charge on any atom is -0.356 e. The van der Waals surface area contributed by atoms with Crippen LogP contribution in [-0.4, -0.2) is 47.6 Å². The van der Waals surface area contributed by atoms with E-state index in [0.29, 0.717) is 18.3 Å². The molecule has 0 radical (unpaired) electrons. The van der Waals surface area contributed by atoms with Crippen LogP contribution in [0.4, 0.5) is 5.82 Å². The number of anilines is 1. The Morgan fingerprint density at radius 1 is 1.14 bits per heavy atom. The first-order valence-electron chi connectivity index (χ1n) is 10.2. The van der Waals surface area contributed by atoms with Gasteiger partial charge in [0, 0.05) is 37.0 Å². The zero-order valence-electron chi connectivity index (χ0n) is 16.5. The average molecular weight is 392 g/mol. The molecule has 1 aliphatic heterocycles. The predicted octanol–water partition coefficient (Wildman–Crippen LogP) is 1.33. The Balaban J connectivity index is 1.29. The van der Waals surface area contributed by atoms with Crippen molar-refractivity contribution in [3.05, 3.63) is 52.2 Å². The minimum absolute atomic E-state index is 0.0828. The van der Waals surface area contributed by atoms with E-state index in [-0.39, 0.29) is 5.56 Å². The van der Waals surface area contributed by atoms with Gasteiger partial charge in [-0.2, -0.15) is 5.10 Å². The summed E-state index contributed by atoms with van der Waals surface area (Å²) >= 11 is 0. The topological polar surface area (TPSA) is 94.6 Å². The van der Waals surface area contributed by atoms with Crippen LogP contribution in [0.3, 0.4) is 0 Å². The fraction of sp³-hybridized carbons (Fsp3) is 0.500. The van der Waals surface area contributed by atoms with Gasteiger partial charge >= 0.3 is 0 Å². The molecule has 0 saturated carbocycles. The molecule has 1 saturated heterocycles. The van der Waals surface area contributed by atoms with Gasteiger partial charge in [0.25, 0.3) is 5.56 Å². The van der Waals surface area contributed by atoms with E-state index in [9.17, 15) is 4.79 Å². The first-order chi connectivity index (χ1) is 14.2. The average Bonchev–Trinajstić information content (AvgIpc) is 3.41. The Hall–Kier alpha value is -3.10. The maximum Gasteiger partial charge on any atom is 0.266 e. The third-order valence-electron chi connectivity index (χ3n) is 5.87. The van der Waals surface area contributed by atoms with Gasteiger partial charge in [-0.25, -0.2) is 24.3 Å². The molecule has 5 rings (SSSR count). The molecule has 0 bridgehead atoms. The van der Waals surface area contributed by atoms with E-state index in [2.05, 4.69) is 25.1 Å². The zero-order chi connectivity index (χ0) is 19.8. The van der Waals surface area contributed by atoms with Crippen LogP contribution in [-0.2, 0) is 19.4 Å². The summed E-state index contributed by atoms with van der Waals surface area (Å²) in [7, 11) is 0.